The Labute approximate surface area is 181 Å². The smallest absolute Gasteiger partial charge is 0.243 e. The third kappa shape index (κ3) is 5.42. The van der Waals surface area contributed by atoms with Gasteiger partial charge in [0.05, 0.1) is 4.90 Å². The molecule has 0 N–H and O–H groups in total. The van der Waals surface area contributed by atoms with Gasteiger partial charge in [0, 0.05) is 19.6 Å². The molecule has 0 aromatic heterocycles. The van der Waals surface area contributed by atoms with Gasteiger partial charge in [0.25, 0.3) is 0 Å². The second kappa shape index (κ2) is 9.50. The highest BCUT2D eigenvalue weighted by molar-refractivity contribution is 7.89. The van der Waals surface area contributed by atoms with Crippen molar-refractivity contribution in [2.75, 3.05) is 33.3 Å². The Hall–Kier alpha value is -1.89. The van der Waals surface area contributed by atoms with Crippen molar-refractivity contribution in [3.8, 4) is 5.75 Å². The Morgan fingerprint density at radius 3 is 2.23 bits per heavy atom. The van der Waals surface area contributed by atoms with Crippen LogP contribution in [0.25, 0.3) is 0 Å². The Kier molecular flexibility index (Phi) is 7.22. The van der Waals surface area contributed by atoms with Crippen molar-refractivity contribution in [3.63, 3.8) is 0 Å². The van der Waals surface area contributed by atoms with Crippen LogP contribution in [0.5, 0.6) is 5.75 Å². The fourth-order valence-corrected chi connectivity index (χ4v) is 5.40. The van der Waals surface area contributed by atoms with Crippen LogP contribution in [0.2, 0.25) is 0 Å². The number of hydrogen-bond donors (Lipinski definition) is 0. The summed E-state index contributed by atoms with van der Waals surface area (Å²) in [7, 11) is -1.73. The summed E-state index contributed by atoms with van der Waals surface area (Å²) in [6, 6.07) is 17.0. The maximum atomic E-state index is 12.8. The molecule has 6 heteroatoms. The summed E-state index contributed by atoms with van der Waals surface area (Å²) in [4.78, 5) is 2.72. The molecule has 0 unspecified atom stereocenters. The van der Waals surface area contributed by atoms with Crippen molar-refractivity contribution >= 4 is 10.0 Å². The number of benzene rings is 2. The van der Waals surface area contributed by atoms with Crippen molar-refractivity contribution in [1.82, 2.24) is 9.21 Å². The molecule has 0 amide bonds. The Balaban J connectivity index is 1.50. The molecule has 1 aliphatic heterocycles. The molecule has 0 radical (unpaired) electrons. The minimum atomic E-state index is -3.44. The molecule has 2 aromatic rings. The van der Waals surface area contributed by atoms with Crippen molar-refractivity contribution in [2.45, 2.75) is 50.0 Å². The van der Waals surface area contributed by atoms with Gasteiger partial charge >= 0.3 is 0 Å². The number of sulfonamides is 1. The Morgan fingerprint density at radius 1 is 1.00 bits per heavy atom. The minimum absolute atomic E-state index is 0.0361. The van der Waals surface area contributed by atoms with Crippen LogP contribution in [0.4, 0.5) is 0 Å². The van der Waals surface area contributed by atoms with E-state index in [-0.39, 0.29) is 11.5 Å². The van der Waals surface area contributed by atoms with Crippen LogP contribution in [0.3, 0.4) is 0 Å². The average molecular weight is 431 g/mol. The van der Waals surface area contributed by atoms with Gasteiger partial charge in [-0.05, 0) is 55.1 Å². The molecule has 1 fully saturated rings. The molecule has 1 aliphatic rings. The van der Waals surface area contributed by atoms with Crippen molar-refractivity contribution in [1.29, 1.82) is 0 Å². The summed E-state index contributed by atoms with van der Waals surface area (Å²) in [5.41, 5.74) is 1.26. The van der Waals surface area contributed by atoms with Gasteiger partial charge in [0.15, 0.2) is 0 Å². The summed E-state index contributed by atoms with van der Waals surface area (Å²) >= 11 is 0. The fraction of sp³-hybridized carbons (Fsp3) is 0.500. The molecule has 2 aromatic carbocycles. The van der Waals surface area contributed by atoms with Crippen LogP contribution in [-0.4, -0.2) is 57.0 Å². The SMILES string of the molecule is CN(C1CCN(CCOc2ccccc2C(C)(C)C)CC1)S(=O)(=O)c1ccccc1. The largest absolute Gasteiger partial charge is 0.492 e. The lowest BCUT2D eigenvalue weighted by Gasteiger charge is -2.36. The normalized spacial score (nSPS) is 16.7. The van der Waals surface area contributed by atoms with E-state index in [1.807, 2.05) is 18.2 Å². The number of nitrogens with zero attached hydrogens (tertiary/aromatic N) is 2. The number of para-hydroxylation sites is 1. The average Bonchev–Trinajstić information content (AvgIpc) is 2.74. The lowest BCUT2D eigenvalue weighted by molar-refractivity contribution is 0.145. The monoisotopic (exact) mass is 430 g/mol. The van der Waals surface area contributed by atoms with E-state index in [9.17, 15) is 8.42 Å². The van der Waals surface area contributed by atoms with Crippen molar-refractivity contribution in [2.24, 2.45) is 0 Å². The van der Waals surface area contributed by atoms with E-state index in [4.69, 9.17) is 4.74 Å². The molecule has 0 spiro atoms. The predicted octanol–water partition coefficient (Wildman–Crippen LogP) is 4.15. The molecule has 30 heavy (non-hydrogen) atoms. The molecule has 5 nitrogen and oxygen atoms in total. The predicted molar refractivity (Wildman–Crippen MR) is 121 cm³/mol. The second-order valence-electron chi connectivity index (χ2n) is 9.00. The van der Waals surface area contributed by atoms with Crippen LogP contribution < -0.4 is 4.74 Å². The summed E-state index contributed by atoms with van der Waals surface area (Å²) in [6.45, 7) is 9.82. The first-order chi connectivity index (χ1) is 14.2. The quantitative estimate of drug-likeness (QED) is 0.662. The van der Waals surface area contributed by atoms with E-state index in [1.165, 1.54) is 5.56 Å². The van der Waals surface area contributed by atoms with Crippen LogP contribution in [-0.2, 0) is 15.4 Å². The van der Waals surface area contributed by atoms with E-state index < -0.39 is 10.0 Å². The van der Waals surface area contributed by atoms with Crippen LogP contribution in [0.15, 0.2) is 59.5 Å². The molecule has 1 heterocycles. The van der Waals surface area contributed by atoms with Gasteiger partial charge in [0.1, 0.15) is 12.4 Å². The molecule has 0 atom stereocenters. The van der Waals surface area contributed by atoms with Gasteiger partial charge in [-0.1, -0.05) is 57.2 Å². The third-order valence-corrected chi connectivity index (χ3v) is 7.78. The van der Waals surface area contributed by atoms with Crippen molar-refractivity contribution < 1.29 is 13.2 Å². The number of rotatable bonds is 7. The van der Waals surface area contributed by atoms with Gasteiger partial charge in [-0.3, -0.25) is 4.90 Å². The number of hydrogen-bond acceptors (Lipinski definition) is 4. The summed E-state index contributed by atoms with van der Waals surface area (Å²) < 4.78 is 33.4. The maximum absolute atomic E-state index is 12.8. The highest BCUT2D eigenvalue weighted by Crippen LogP contribution is 2.31. The van der Waals surface area contributed by atoms with Gasteiger partial charge < -0.3 is 4.74 Å². The summed E-state index contributed by atoms with van der Waals surface area (Å²) in [6.07, 6.45) is 1.67. The zero-order valence-electron chi connectivity index (χ0n) is 18.5. The van der Waals surface area contributed by atoms with Gasteiger partial charge in [-0.25, -0.2) is 8.42 Å². The molecule has 0 bridgehead atoms. The zero-order chi connectivity index (χ0) is 21.8. The number of piperidine rings is 1. The number of ether oxygens (including phenoxy) is 1. The van der Waals surface area contributed by atoms with E-state index in [0.717, 1.165) is 38.2 Å². The third-order valence-electron chi connectivity index (χ3n) is 5.85. The van der Waals surface area contributed by atoms with Gasteiger partial charge in [-0.15, -0.1) is 0 Å². The second-order valence-corrected chi connectivity index (χ2v) is 11.0. The highest BCUT2D eigenvalue weighted by Gasteiger charge is 2.30. The van der Waals surface area contributed by atoms with Crippen LogP contribution in [0.1, 0.15) is 39.2 Å². The molecular formula is C24H34N2O3S. The standard InChI is InChI=1S/C24H34N2O3S/c1-24(2,3)22-12-8-9-13-23(22)29-19-18-26-16-14-20(15-17-26)25(4)30(27,28)21-10-6-5-7-11-21/h5-13,20H,14-19H2,1-4H3. The zero-order valence-corrected chi connectivity index (χ0v) is 19.4. The molecule has 3 rings (SSSR count). The minimum Gasteiger partial charge on any atom is -0.492 e. The molecule has 0 saturated carbocycles. The van der Waals surface area contributed by atoms with Gasteiger partial charge in [-0.2, -0.15) is 4.31 Å². The fourth-order valence-electron chi connectivity index (χ4n) is 3.96. The Morgan fingerprint density at radius 2 is 1.60 bits per heavy atom. The molecular weight excluding hydrogens is 396 g/mol. The number of likely N-dealkylation sites (tertiary alicyclic amines) is 1. The van der Waals surface area contributed by atoms with Gasteiger partial charge in [0.2, 0.25) is 10.0 Å². The molecule has 164 valence electrons. The summed E-state index contributed by atoms with van der Waals surface area (Å²) in [5, 5.41) is 0. The molecule has 1 saturated heterocycles. The Bertz CT molecular complexity index is 915. The molecule has 0 aliphatic carbocycles. The van der Waals surface area contributed by atoms with E-state index in [0.29, 0.717) is 11.5 Å². The first-order valence-corrected chi connectivity index (χ1v) is 12.1. The first-order valence-electron chi connectivity index (χ1n) is 10.7. The first kappa shape index (κ1) is 22.8. The highest BCUT2D eigenvalue weighted by atomic mass is 32.2. The van der Waals surface area contributed by atoms with Crippen molar-refractivity contribution in [3.05, 3.63) is 60.2 Å². The van der Waals surface area contributed by atoms with E-state index >= 15 is 0 Å². The lowest BCUT2D eigenvalue weighted by Crippen LogP contribution is -2.46. The van der Waals surface area contributed by atoms with E-state index in [1.54, 1.807) is 35.6 Å². The summed E-state index contributed by atoms with van der Waals surface area (Å²) in [5.74, 6) is 0.952. The maximum Gasteiger partial charge on any atom is 0.243 e. The van der Waals surface area contributed by atoms with E-state index in [2.05, 4.69) is 37.8 Å². The lowest BCUT2D eigenvalue weighted by atomic mass is 9.86. The topological polar surface area (TPSA) is 49.9 Å². The van der Waals surface area contributed by atoms with Crippen LogP contribution in [0, 0.1) is 0 Å². The van der Waals surface area contributed by atoms with Crippen LogP contribution >= 0.6 is 0 Å².